The zero-order valence-corrected chi connectivity index (χ0v) is 9.05. The molecule has 0 N–H and O–H groups in total. The van der Waals surface area contributed by atoms with Crippen LogP contribution in [0.4, 0.5) is 0 Å². The number of ether oxygens (including phenoxy) is 2. The summed E-state index contributed by atoms with van der Waals surface area (Å²) in [5, 5.41) is 0. The van der Waals surface area contributed by atoms with Gasteiger partial charge >= 0.3 is 0 Å². The first kappa shape index (κ1) is 11.6. The molecule has 0 bridgehead atoms. The monoisotopic (exact) mass is 196 g/mol. The third-order valence-electron chi connectivity index (χ3n) is 2.56. The molecule has 0 spiro atoms. The fourth-order valence-corrected chi connectivity index (χ4v) is 1.64. The highest BCUT2D eigenvalue weighted by atomic mass is 16.7. The van der Waals surface area contributed by atoms with Crippen LogP contribution in [0.2, 0.25) is 0 Å². The molecule has 0 saturated carbocycles. The van der Waals surface area contributed by atoms with Crippen molar-refractivity contribution in [3.63, 3.8) is 0 Å². The average molecular weight is 196 g/mol. The first-order valence-corrected chi connectivity index (χ1v) is 5.48. The van der Waals surface area contributed by atoms with Crippen LogP contribution in [0, 0.1) is 12.3 Å². The van der Waals surface area contributed by atoms with Gasteiger partial charge < -0.3 is 9.47 Å². The molecule has 1 atom stereocenters. The Hall–Kier alpha value is -0.520. The van der Waals surface area contributed by atoms with Gasteiger partial charge in [0.05, 0.1) is 13.2 Å². The first-order chi connectivity index (χ1) is 6.77. The van der Waals surface area contributed by atoms with Crippen molar-refractivity contribution in [2.24, 2.45) is 0 Å². The minimum atomic E-state index is -0.325. The molecular formula is C12H20O2. The van der Waals surface area contributed by atoms with Crippen LogP contribution in [-0.4, -0.2) is 19.0 Å². The van der Waals surface area contributed by atoms with Crippen molar-refractivity contribution in [2.75, 3.05) is 13.2 Å². The smallest absolute Gasteiger partial charge is 0.165 e. The highest BCUT2D eigenvalue weighted by Gasteiger charge is 2.27. The molecule has 80 valence electrons. The lowest BCUT2D eigenvalue weighted by molar-refractivity contribution is -0.244. The predicted molar refractivity (Wildman–Crippen MR) is 56.8 cm³/mol. The Morgan fingerprint density at radius 1 is 1.43 bits per heavy atom. The third-order valence-corrected chi connectivity index (χ3v) is 2.56. The molecule has 0 radical (unpaired) electrons. The maximum absolute atomic E-state index is 5.73. The minimum absolute atomic E-state index is 0.325. The van der Waals surface area contributed by atoms with Gasteiger partial charge in [0.15, 0.2) is 5.79 Å². The summed E-state index contributed by atoms with van der Waals surface area (Å²) in [6.07, 6.45) is 11.5. The topological polar surface area (TPSA) is 18.5 Å². The van der Waals surface area contributed by atoms with Gasteiger partial charge in [0.2, 0.25) is 0 Å². The summed E-state index contributed by atoms with van der Waals surface area (Å²) >= 11 is 0. The van der Waals surface area contributed by atoms with Crippen molar-refractivity contribution in [3.05, 3.63) is 0 Å². The van der Waals surface area contributed by atoms with Crippen LogP contribution in [0.1, 0.15) is 45.4 Å². The van der Waals surface area contributed by atoms with E-state index in [4.69, 9.17) is 15.9 Å². The predicted octanol–water partition coefficient (Wildman–Crippen LogP) is 2.72. The van der Waals surface area contributed by atoms with Crippen LogP contribution in [0.25, 0.3) is 0 Å². The molecule has 1 unspecified atom stereocenters. The van der Waals surface area contributed by atoms with Gasteiger partial charge in [-0.1, -0.05) is 0 Å². The van der Waals surface area contributed by atoms with Crippen molar-refractivity contribution >= 4 is 0 Å². The van der Waals surface area contributed by atoms with Crippen molar-refractivity contribution in [1.82, 2.24) is 0 Å². The summed E-state index contributed by atoms with van der Waals surface area (Å²) in [6.45, 7) is 3.63. The van der Waals surface area contributed by atoms with E-state index in [1.54, 1.807) is 0 Å². The zero-order valence-electron chi connectivity index (χ0n) is 9.05. The van der Waals surface area contributed by atoms with Gasteiger partial charge in [0.1, 0.15) is 0 Å². The lowest BCUT2D eigenvalue weighted by atomic mass is 10.1. The Morgan fingerprint density at radius 2 is 2.29 bits per heavy atom. The Kier molecular flexibility index (Phi) is 5.00. The van der Waals surface area contributed by atoms with Gasteiger partial charge in [0, 0.05) is 12.8 Å². The van der Waals surface area contributed by atoms with E-state index < -0.39 is 0 Å². The van der Waals surface area contributed by atoms with Crippen molar-refractivity contribution in [3.8, 4) is 12.3 Å². The lowest BCUT2D eigenvalue weighted by Crippen LogP contribution is -2.36. The molecule has 14 heavy (non-hydrogen) atoms. The molecule has 2 nitrogen and oxygen atoms in total. The fourth-order valence-electron chi connectivity index (χ4n) is 1.64. The molecular weight excluding hydrogens is 176 g/mol. The maximum atomic E-state index is 5.73. The van der Waals surface area contributed by atoms with E-state index in [9.17, 15) is 0 Å². The van der Waals surface area contributed by atoms with Crippen LogP contribution in [0.3, 0.4) is 0 Å². The zero-order chi connectivity index (χ0) is 10.3. The van der Waals surface area contributed by atoms with Gasteiger partial charge in [0.25, 0.3) is 0 Å². The summed E-state index contributed by atoms with van der Waals surface area (Å²) in [5.74, 6) is 2.30. The molecule has 1 saturated heterocycles. The second-order valence-electron chi connectivity index (χ2n) is 3.95. The second kappa shape index (κ2) is 6.06. The number of unbranched alkanes of at least 4 members (excludes halogenated alkanes) is 2. The van der Waals surface area contributed by atoms with E-state index in [2.05, 4.69) is 5.92 Å². The molecule has 0 aromatic rings. The fraction of sp³-hybridized carbons (Fsp3) is 0.833. The van der Waals surface area contributed by atoms with E-state index in [0.29, 0.717) is 0 Å². The summed E-state index contributed by atoms with van der Waals surface area (Å²) in [5.41, 5.74) is 0. The number of hydrogen-bond acceptors (Lipinski definition) is 2. The Balaban J connectivity index is 2.07. The molecule has 0 aliphatic carbocycles. The van der Waals surface area contributed by atoms with Crippen LogP contribution >= 0.6 is 0 Å². The Morgan fingerprint density at radius 3 is 2.93 bits per heavy atom. The summed E-state index contributed by atoms with van der Waals surface area (Å²) in [4.78, 5) is 0. The van der Waals surface area contributed by atoms with Gasteiger partial charge in [-0.05, 0) is 32.6 Å². The Labute approximate surface area is 87.0 Å². The number of hydrogen-bond donors (Lipinski definition) is 0. The first-order valence-electron chi connectivity index (χ1n) is 5.48. The summed E-state index contributed by atoms with van der Waals surface area (Å²) < 4.78 is 11.3. The Bertz CT molecular complexity index is 187. The third kappa shape index (κ3) is 4.13. The summed E-state index contributed by atoms with van der Waals surface area (Å²) in [6, 6.07) is 0. The number of terminal acetylenes is 1. The van der Waals surface area contributed by atoms with E-state index in [0.717, 1.165) is 45.3 Å². The maximum Gasteiger partial charge on any atom is 0.165 e. The highest BCUT2D eigenvalue weighted by molar-refractivity contribution is 4.82. The molecule has 2 heteroatoms. The standard InChI is InChI=1S/C12H20O2/c1-3-4-5-7-10-13-12(2)9-6-8-11-14-12/h1H,4-11H2,2H3. The molecule has 0 aromatic carbocycles. The van der Waals surface area contributed by atoms with E-state index in [1.807, 2.05) is 6.92 Å². The lowest BCUT2D eigenvalue weighted by Gasteiger charge is -2.33. The van der Waals surface area contributed by atoms with Gasteiger partial charge in [-0.25, -0.2) is 0 Å². The van der Waals surface area contributed by atoms with Gasteiger partial charge in [-0.3, -0.25) is 0 Å². The van der Waals surface area contributed by atoms with Crippen LogP contribution in [0.15, 0.2) is 0 Å². The largest absolute Gasteiger partial charge is 0.350 e. The number of rotatable bonds is 5. The highest BCUT2D eigenvalue weighted by Crippen LogP contribution is 2.25. The van der Waals surface area contributed by atoms with Crippen LogP contribution in [-0.2, 0) is 9.47 Å². The molecule has 1 aliphatic rings. The molecule has 0 amide bonds. The molecule has 1 aliphatic heterocycles. The molecule has 1 heterocycles. The summed E-state index contributed by atoms with van der Waals surface area (Å²) in [7, 11) is 0. The minimum Gasteiger partial charge on any atom is -0.350 e. The normalized spacial score (nSPS) is 27.1. The molecule has 1 fully saturated rings. The van der Waals surface area contributed by atoms with Gasteiger partial charge in [-0.15, -0.1) is 12.3 Å². The van der Waals surface area contributed by atoms with Crippen molar-refractivity contribution in [1.29, 1.82) is 0 Å². The van der Waals surface area contributed by atoms with E-state index >= 15 is 0 Å². The van der Waals surface area contributed by atoms with Crippen molar-refractivity contribution < 1.29 is 9.47 Å². The molecule has 0 aromatic heterocycles. The SMILES string of the molecule is C#CCCCCOC1(C)CCCCO1. The van der Waals surface area contributed by atoms with E-state index in [-0.39, 0.29) is 5.79 Å². The average Bonchev–Trinajstić information content (AvgIpc) is 2.18. The molecule has 1 rings (SSSR count). The van der Waals surface area contributed by atoms with Crippen LogP contribution in [0.5, 0.6) is 0 Å². The second-order valence-corrected chi connectivity index (χ2v) is 3.95. The van der Waals surface area contributed by atoms with Crippen LogP contribution < -0.4 is 0 Å². The van der Waals surface area contributed by atoms with Crippen molar-refractivity contribution in [2.45, 2.75) is 51.2 Å². The van der Waals surface area contributed by atoms with E-state index in [1.165, 1.54) is 6.42 Å². The quantitative estimate of drug-likeness (QED) is 0.497. The van der Waals surface area contributed by atoms with Gasteiger partial charge in [-0.2, -0.15) is 0 Å².